The molecule has 0 saturated heterocycles. The van der Waals surface area contributed by atoms with Gasteiger partial charge in [-0.05, 0) is 39.5 Å². The van der Waals surface area contributed by atoms with Gasteiger partial charge in [0.1, 0.15) is 0 Å². The number of rotatable bonds is 2. The maximum atomic E-state index is 11.9. The lowest BCUT2D eigenvalue weighted by molar-refractivity contribution is -0.119. The molecule has 1 aromatic rings. The average molecular weight is 364 g/mol. The summed E-state index contributed by atoms with van der Waals surface area (Å²) in [5.41, 5.74) is 6.35. The quantitative estimate of drug-likeness (QED) is 0.844. The van der Waals surface area contributed by atoms with Crippen molar-refractivity contribution in [1.82, 2.24) is 0 Å². The van der Waals surface area contributed by atoms with Crippen LogP contribution in [-0.2, 0) is 4.79 Å². The van der Waals surface area contributed by atoms with Crippen molar-refractivity contribution in [3.05, 3.63) is 27.1 Å². The van der Waals surface area contributed by atoms with Crippen LogP contribution in [0.4, 0.5) is 5.69 Å². The van der Waals surface area contributed by atoms with E-state index < -0.39 is 6.04 Å². The highest BCUT2D eigenvalue weighted by Crippen LogP contribution is 2.27. The topological polar surface area (TPSA) is 55.1 Å². The second kappa shape index (κ2) is 5.50. The van der Waals surface area contributed by atoms with Gasteiger partial charge < -0.3 is 11.1 Å². The van der Waals surface area contributed by atoms with E-state index in [9.17, 15) is 4.79 Å². The fraction of sp³-hybridized carbons (Fsp3) is 0.417. The first kappa shape index (κ1) is 14.7. The zero-order chi connectivity index (χ0) is 13.2. The van der Waals surface area contributed by atoms with Crippen LogP contribution < -0.4 is 11.1 Å². The highest BCUT2D eigenvalue weighted by molar-refractivity contribution is 9.11. The van der Waals surface area contributed by atoms with E-state index in [0.717, 1.165) is 14.6 Å². The van der Waals surface area contributed by atoms with Gasteiger partial charge in [-0.2, -0.15) is 0 Å². The molecule has 3 nitrogen and oxygen atoms in total. The number of nitrogens with two attached hydrogens (primary N) is 1. The number of hydrogen-bond acceptors (Lipinski definition) is 2. The maximum absolute atomic E-state index is 11.9. The first-order valence-electron chi connectivity index (χ1n) is 5.23. The summed E-state index contributed by atoms with van der Waals surface area (Å²) in [6.45, 7) is 5.82. The van der Waals surface area contributed by atoms with Crippen LogP contribution in [0, 0.1) is 5.41 Å². The van der Waals surface area contributed by atoms with E-state index in [1.807, 2.05) is 39.0 Å². The second-order valence-electron chi connectivity index (χ2n) is 4.96. The number of amides is 1. The Hall–Kier alpha value is -0.390. The molecule has 3 N–H and O–H groups in total. The van der Waals surface area contributed by atoms with Gasteiger partial charge in [0.15, 0.2) is 0 Å². The molecule has 1 atom stereocenters. The van der Waals surface area contributed by atoms with Crippen molar-refractivity contribution in [2.24, 2.45) is 11.1 Å². The number of carbonyl (C=O) groups is 1. The third-order valence-electron chi connectivity index (χ3n) is 2.40. The zero-order valence-electron chi connectivity index (χ0n) is 10.1. The summed E-state index contributed by atoms with van der Waals surface area (Å²) in [5, 5.41) is 2.81. The number of carbonyl (C=O) groups excluding carboxylic acids is 1. The third-order valence-corrected chi connectivity index (χ3v) is 3.55. The lowest BCUT2D eigenvalue weighted by Gasteiger charge is -2.26. The zero-order valence-corrected chi connectivity index (χ0v) is 13.2. The van der Waals surface area contributed by atoms with Crippen molar-refractivity contribution in [3.63, 3.8) is 0 Å². The lowest BCUT2D eigenvalue weighted by Crippen LogP contribution is -2.45. The third kappa shape index (κ3) is 4.08. The normalized spacial score (nSPS) is 13.3. The molecule has 0 saturated carbocycles. The van der Waals surface area contributed by atoms with E-state index in [2.05, 4.69) is 37.2 Å². The second-order valence-corrected chi connectivity index (χ2v) is 6.73. The molecule has 0 fully saturated rings. The highest BCUT2D eigenvalue weighted by atomic mass is 79.9. The van der Waals surface area contributed by atoms with Gasteiger partial charge in [-0.15, -0.1) is 0 Å². The molecule has 0 spiro atoms. The number of anilines is 1. The molecule has 0 radical (unpaired) electrons. The minimum Gasteiger partial charge on any atom is -0.324 e. The largest absolute Gasteiger partial charge is 0.324 e. The Balaban J connectivity index is 2.82. The molecule has 94 valence electrons. The van der Waals surface area contributed by atoms with E-state index in [4.69, 9.17) is 5.73 Å². The number of benzene rings is 1. The Morgan fingerprint density at radius 3 is 2.41 bits per heavy atom. The summed E-state index contributed by atoms with van der Waals surface area (Å²) in [6.07, 6.45) is 0. The Kier molecular flexibility index (Phi) is 4.75. The van der Waals surface area contributed by atoms with Crippen LogP contribution >= 0.6 is 31.9 Å². The van der Waals surface area contributed by atoms with Crippen LogP contribution in [-0.4, -0.2) is 11.9 Å². The van der Waals surface area contributed by atoms with E-state index in [1.54, 1.807) is 0 Å². The predicted molar refractivity (Wildman–Crippen MR) is 77.9 cm³/mol. The molecule has 0 aliphatic heterocycles. The Morgan fingerprint density at radius 1 is 1.35 bits per heavy atom. The Morgan fingerprint density at radius 2 is 1.94 bits per heavy atom. The molecule has 0 aliphatic carbocycles. The summed E-state index contributed by atoms with van der Waals surface area (Å²) in [7, 11) is 0. The Labute approximate surface area is 118 Å². The first-order valence-corrected chi connectivity index (χ1v) is 6.82. The van der Waals surface area contributed by atoms with Crippen LogP contribution in [0.15, 0.2) is 27.1 Å². The summed E-state index contributed by atoms with van der Waals surface area (Å²) < 4.78 is 1.77. The standard InChI is InChI=1S/C12H16Br2N2O/c1-12(2,3)10(15)11(17)16-9-5-4-7(13)6-8(9)14/h4-6,10H,15H2,1-3H3,(H,16,17). The van der Waals surface area contributed by atoms with Gasteiger partial charge in [-0.3, -0.25) is 4.79 Å². The molecule has 5 heteroatoms. The minimum absolute atomic E-state index is 0.180. The van der Waals surface area contributed by atoms with E-state index >= 15 is 0 Å². The molecule has 1 amide bonds. The predicted octanol–water partition coefficient (Wildman–Crippen LogP) is 3.52. The van der Waals surface area contributed by atoms with Gasteiger partial charge in [0.05, 0.1) is 11.7 Å². The fourth-order valence-electron chi connectivity index (χ4n) is 1.19. The molecule has 1 aromatic carbocycles. The van der Waals surface area contributed by atoms with Crippen LogP contribution in [0.1, 0.15) is 20.8 Å². The first-order chi connectivity index (χ1) is 7.71. The summed E-state index contributed by atoms with van der Waals surface area (Å²) in [5.74, 6) is -0.180. The van der Waals surface area contributed by atoms with Crippen molar-refractivity contribution in [3.8, 4) is 0 Å². The SMILES string of the molecule is CC(C)(C)C(N)C(=O)Nc1ccc(Br)cc1Br. The van der Waals surface area contributed by atoms with Crippen molar-refractivity contribution >= 4 is 43.5 Å². The van der Waals surface area contributed by atoms with Gasteiger partial charge in [-0.1, -0.05) is 36.7 Å². The molecule has 0 aromatic heterocycles. The van der Waals surface area contributed by atoms with Gasteiger partial charge in [0.2, 0.25) is 5.91 Å². The van der Waals surface area contributed by atoms with Gasteiger partial charge in [0, 0.05) is 8.95 Å². The molecule has 1 unspecified atom stereocenters. The fourth-order valence-corrected chi connectivity index (χ4v) is 2.34. The van der Waals surface area contributed by atoms with Crippen LogP contribution in [0.25, 0.3) is 0 Å². The molecule has 0 heterocycles. The van der Waals surface area contributed by atoms with Gasteiger partial charge >= 0.3 is 0 Å². The summed E-state index contributed by atoms with van der Waals surface area (Å²) >= 11 is 6.75. The number of hydrogen-bond donors (Lipinski definition) is 2. The highest BCUT2D eigenvalue weighted by Gasteiger charge is 2.27. The minimum atomic E-state index is -0.543. The maximum Gasteiger partial charge on any atom is 0.241 e. The van der Waals surface area contributed by atoms with Crippen molar-refractivity contribution < 1.29 is 4.79 Å². The van der Waals surface area contributed by atoms with Crippen LogP contribution in [0.3, 0.4) is 0 Å². The summed E-state index contributed by atoms with van der Waals surface area (Å²) in [6, 6.07) is 5.01. The monoisotopic (exact) mass is 362 g/mol. The van der Waals surface area contributed by atoms with E-state index in [1.165, 1.54) is 0 Å². The van der Waals surface area contributed by atoms with Gasteiger partial charge in [-0.25, -0.2) is 0 Å². The molecular weight excluding hydrogens is 348 g/mol. The molecular formula is C12H16Br2N2O. The summed E-state index contributed by atoms with van der Waals surface area (Å²) in [4.78, 5) is 11.9. The molecule has 0 aliphatic rings. The van der Waals surface area contributed by atoms with Crippen LogP contribution in [0.5, 0.6) is 0 Å². The molecule has 17 heavy (non-hydrogen) atoms. The van der Waals surface area contributed by atoms with Crippen molar-refractivity contribution in [1.29, 1.82) is 0 Å². The van der Waals surface area contributed by atoms with Gasteiger partial charge in [0.25, 0.3) is 0 Å². The van der Waals surface area contributed by atoms with E-state index in [0.29, 0.717) is 0 Å². The van der Waals surface area contributed by atoms with Crippen LogP contribution in [0.2, 0.25) is 0 Å². The van der Waals surface area contributed by atoms with E-state index in [-0.39, 0.29) is 11.3 Å². The molecule has 0 bridgehead atoms. The number of nitrogens with one attached hydrogen (secondary N) is 1. The number of halogens is 2. The lowest BCUT2D eigenvalue weighted by atomic mass is 9.87. The smallest absolute Gasteiger partial charge is 0.241 e. The Bertz CT molecular complexity index is 427. The van der Waals surface area contributed by atoms with Crippen molar-refractivity contribution in [2.45, 2.75) is 26.8 Å². The molecule has 1 rings (SSSR count). The van der Waals surface area contributed by atoms with Crippen molar-refractivity contribution in [2.75, 3.05) is 5.32 Å². The average Bonchev–Trinajstić information content (AvgIpc) is 2.19.